The second-order valence-electron chi connectivity index (χ2n) is 5.43. The monoisotopic (exact) mass is 339 g/mol. The lowest BCUT2D eigenvalue weighted by atomic mass is 10.1. The van der Waals surface area contributed by atoms with Crippen molar-refractivity contribution in [2.45, 2.75) is 13.3 Å². The summed E-state index contributed by atoms with van der Waals surface area (Å²) in [6, 6.07) is 16.7. The van der Waals surface area contributed by atoms with Crippen LogP contribution in [0, 0.1) is 0 Å². The van der Waals surface area contributed by atoms with Crippen LogP contribution in [0.3, 0.4) is 0 Å². The molecule has 6 heteroatoms. The Morgan fingerprint density at radius 1 is 1.04 bits per heavy atom. The number of para-hydroxylation sites is 1. The van der Waals surface area contributed by atoms with Crippen molar-refractivity contribution in [3.8, 4) is 5.75 Å². The molecule has 0 atom stereocenters. The van der Waals surface area contributed by atoms with E-state index in [4.69, 9.17) is 4.74 Å². The van der Waals surface area contributed by atoms with E-state index in [0.717, 1.165) is 11.3 Å². The molecule has 25 heavy (non-hydrogen) atoms. The SMILES string of the molecule is COc1ccccc1C(=O)NCC(=O)NN=C(C)Cc1ccccc1. The van der Waals surface area contributed by atoms with Crippen LogP contribution in [-0.2, 0) is 11.2 Å². The second kappa shape index (κ2) is 9.22. The molecule has 0 radical (unpaired) electrons. The van der Waals surface area contributed by atoms with Gasteiger partial charge in [-0.2, -0.15) is 5.10 Å². The van der Waals surface area contributed by atoms with Gasteiger partial charge in [0.05, 0.1) is 19.2 Å². The highest BCUT2D eigenvalue weighted by molar-refractivity contribution is 5.98. The number of rotatable bonds is 7. The molecule has 130 valence electrons. The molecule has 2 amide bonds. The highest BCUT2D eigenvalue weighted by atomic mass is 16.5. The van der Waals surface area contributed by atoms with Gasteiger partial charge < -0.3 is 10.1 Å². The summed E-state index contributed by atoms with van der Waals surface area (Å²) in [5.41, 5.74) is 4.70. The molecule has 0 saturated carbocycles. The Hall–Kier alpha value is -3.15. The quantitative estimate of drug-likeness (QED) is 0.599. The maximum absolute atomic E-state index is 12.1. The molecule has 6 nitrogen and oxygen atoms in total. The molecule has 0 aliphatic heterocycles. The van der Waals surface area contributed by atoms with E-state index in [1.807, 2.05) is 37.3 Å². The molecule has 2 N–H and O–H groups in total. The first kappa shape index (κ1) is 18.2. The van der Waals surface area contributed by atoms with Gasteiger partial charge in [0, 0.05) is 12.1 Å². The lowest BCUT2D eigenvalue weighted by Gasteiger charge is -2.08. The first-order valence-electron chi connectivity index (χ1n) is 7.87. The molecule has 2 aromatic rings. The minimum absolute atomic E-state index is 0.168. The van der Waals surface area contributed by atoms with Crippen molar-refractivity contribution in [1.82, 2.24) is 10.7 Å². The molecule has 2 aromatic carbocycles. The maximum Gasteiger partial charge on any atom is 0.259 e. The van der Waals surface area contributed by atoms with Gasteiger partial charge in [0.25, 0.3) is 11.8 Å². The number of hydrazone groups is 1. The van der Waals surface area contributed by atoms with E-state index in [2.05, 4.69) is 15.8 Å². The van der Waals surface area contributed by atoms with Crippen LogP contribution in [0.2, 0.25) is 0 Å². The lowest BCUT2D eigenvalue weighted by Crippen LogP contribution is -2.35. The van der Waals surface area contributed by atoms with E-state index >= 15 is 0 Å². The van der Waals surface area contributed by atoms with E-state index < -0.39 is 5.91 Å². The van der Waals surface area contributed by atoms with Gasteiger partial charge in [-0.3, -0.25) is 9.59 Å². The summed E-state index contributed by atoms with van der Waals surface area (Å²) < 4.78 is 5.13. The smallest absolute Gasteiger partial charge is 0.259 e. The molecular formula is C19H21N3O3. The third-order valence-electron chi connectivity index (χ3n) is 3.44. The van der Waals surface area contributed by atoms with Crippen LogP contribution < -0.4 is 15.5 Å². The van der Waals surface area contributed by atoms with Crippen molar-refractivity contribution < 1.29 is 14.3 Å². The van der Waals surface area contributed by atoms with Crippen LogP contribution in [0.25, 0.3) is 0 Å². The Morgan fingerprint density at radius 2 is 1.72 bits per heavy atom. The number of ether oxygens (including phenoxy) is 1. The summed E-state index contributed by atoms with van der Waals surface area (Å²) in [5, 5.41) is 6.59. The van der Waals surface area contributed by atoms with Gasteiger partial charge in [0.2, 0.25) is 0 Å². The van der Waals surface area contributed by atoms with Gasteiger partial charge in [-0.1, -0.05) is 42.5 Å². The molecule has 0 aromatic heterocycles. The number of nitrogens with zero attached hydrogens (tertiary/aromatic N) is 1. The summed E-state index contributed by atoms with van der Waals surface area (Å²) in [6.45, 7) is 1.67. The molecule has 0 saturated heterocycles. The van der Waals surface area contributed by atoms with Crippen LogP contribution in [0.1, 0.15) is 22.8 Å². The predicted molar refractivity (Wildman–Crippen MR) is 96.7 cm³/mol. The molecule has 2 rings (SSSR count). The number of methoxy groups -OCH3 is 1. The number of carbonyl (C=O) groups is 2. The van der Waals surface area contributed by atoms with E-state index in [1.54, 1.807) is 24.3 Å². The normalized spacial score (nSPS) is 10.9. The Kier molecular flexibility index (Phi) is 6.71. The number of benzene rings is 2. The van der Waals surface area contributed by atoms with Crippen LogP contribution in [0.15, 0.2) is 59.7 Å². The summed E-state index contributed by atoms with van der Waals surface area (Å²) in [4.78, 5) is 23.9. The molecule has 0 unspecified atom stereocenters. The van der Waals surface area contributed by atoms with Gasteiger partial charge in [0.1, 0.15) is 5.75 Å². The zero-order valence-corrected chi connectivity index (χ0v) is 14.3. The van der Waals surface area contributed by atoms with Gasteiger partial charge in [-0.15, -0.1) is 0 Å². The minimum Gasteiger partial charge on any atom is -0.496 e. The minimum atomic E-state index is -0.393. The van der Waals surface area contributed by atoms with E-state index in [0.29, 0.717) is 17.7 Å². The summed E-state index contributed by atoms with van der Waals surface area (Å²) in [6.07, 6.45) is 0.648. The summed E-state index contributed by atoms with van der Waals surface area (Å²) >= 11 is 0. The standard InChI is InChI=1S/C19H21N3O3/c1-14(12-15-8-4-3-5-9-15)21-22-18(23)13-20-19(24)16-10-6-7-11-17(16)25-2/h3-11H,12-13H2,1-2H3,(H,20,24)(H,22,23). The molecule has 0 aliphatic rings. The van der Waals surface area contributed by atoms with Crippen molar-refractivity contribution in [3.05, 3.63) is 65.7 Å². The molecule has 0 spiro atoms. The van der Waals surface area contributed by atoms with Crippen molar-refractivity contribution in [3.63, 3.8) is 0 Å². The zero-order valence-electron chi connectivity index (χ0n) is 14.3. The topological polar surface area (TPSA) is 79.8 Å². The van der Waals surface area contributed by atoms with Crippen LogP contribution >= 0.6 is 0 Å². The third kappa shape index (κ3) is 5.76. The third-order valence-corrected chi connectivity index (χ3v) is 3.44. The number of carbonyl (C=O) groups excluding carboxylic acids is 2. The number of hydrogen-bond donors (Lipinski definition) is 2. The average Bonchev–Trinajstić information content (AvgIpc) is 2.65. The van der Waals surface area contributed by atoms with Gasteiger partial charge in [-0.25, -0.2) is 5.43 Å². The number of hydrogen-bond acceptors (Lipinski definition) is 4. The second-order valence-corrected chi connectivity index (χ2v) is 5.43. The van der Waals surface area contributed by atoms with Gasteiger partial charge in [0.15, 0.2) is 0 Å². The summed E-state index contributed by atoms with van der Waals surface area (Å²) in [5.74, 6) is -0.314. The highest BCUT2D eigenvalue weighted by Crippen LogP contribution is 2.16. The zero-order chi connectivity index (χ0) is 18.1. The van der Waals surface area contributed by atoms with Crippen LogP contribution in [0.4, 0.5) is 0 Å². The number of nitrogens with one attached hydrogen (secondary N) is 2. The first-order chi connectivity index (χ1) is 12.1. The summed E-state index contributed by atoms with van der Waals surface area (Å²) in [7, 11) is 1.49. The number of amides is 2. The van der Waals surface area contributed by atoms with E-state index in [1.165, 1.54) is 7.11 Å². The predicted octanol–water partition coefficient (Wildman–Crippen LogP) is 2.16. The fourth-order valence-electron chi connectivity index (χ4n) is 2.22. The molecular weight excluding hydrogens is 318 g/mol. The highest BCUT2D eigenvalue weighted by Gasteiger charge is 2.12. The van der Waals surface area contributed by atoms with Crippen LogP contribution in [-0.4, -0.2) is 31.2 Å². The maximum atomic E-state index is 12.1. The van der Waals surface area contributed by atoms with Gasteiger partial charge >= 0.3 is 0 Å². The van der Waals surface area contributed by atoms with Crippen molar-refractivity contribution in [2.24, 2.45) is 5.10 Å². The largest absolute Gasteiger partial charge is 0.496 e. The Labute approximate surface area is 146 Å². The van der Waals surface area contributed by atoms with Crippen molar-refractivity contribution in [1.29, 1.82) is 0 Å². The molecule has 0 fully saturated rings. The van der Waals surface area contributed by atoms with Crippen molar-refractivity contribution in [2.75, 3.05) is 13.7 Å². The van der Waals surface area contributed by atoms with Crippen molar-refractivity contribution >= 4 is 17.5 Å². The van der Waals surface area contributed by atoms with E-state index in [-0.39, 0.29) is 12.5 Å². The fraction of sp³-hybridized carbons (Fsp3) is 0.211. The Morgan fingerprint density at radius 3 is 2.44 bits per heavy atom. The molecule has 0 heterocycles. The lowest BCUT2D eigenvalue weighted by molar-refractivity contribution is -0.120. The van der Waals surface area contributed by atoms with Crippen LogP contribution in [0.5, 0.6) is 5.75 Å². The fourth-order valence-corrected chi connectivity index (χ4v) is 2.22. The van der Waals surface area contributed by atoms with Gasteiger partial charge in [-0.05, 0) is 24.6 Å². The Bertz CT molecular complexity index is 758. The molecule has 0 aliphatic carbocycles. The molecule has 0 bridgehead atoms. The first-order valence-corrected chi connectivity index (χ1v) is 7.87. The average molecular weight is 339 g/mol. The Balaban J connectivity index is 1.82. The van der Waals surface area contributed by atoms with E-state index in [9.17, 15) is 9.59 Å².